The van der Waals surface area contributed by atoms with Crippen molar-refractivity contribution in [2.45, 2.75) is 65.0 Å². The Bertz CT molecular complexity index is 1190. The normalized spacial score (nSPS) is 13.3. The quantitative estimate of drug-likeness (QED) is 0.296. The molecule has 0 saturated carbocycles. The van der Waals surface area contributed by atoms with Crippen molar-refractivity contribution in [1.82, 2.24) is 4.57 Å². The van der Waals surface area contributed by atoms with E-state index in [1.54, 1.807) is 29.5 Å². The average molecular weight is 521 g/mol. The van der Waals surface area contributed by atoms with E-state index in [-0.39, 0.29) is 12.2 Å². The summed E-state index contributed by atoms with van der Waals surface area (Å²) in [7, 11) is 0. The van der Waals surface area contributed by atoms with Gasteiger partial charge < -0.3 is 19.7 Å². The molecular weight excluding hydrogens is 484 g/mol. The van der Waals surface area contributed by atoms with Gasteiger partial charge in [-0.05, 0) is 47.9 Å². The van der Waals surface area contributed by atoms with Crippen molar-refractivity contribution in [2.75, 3.05) is 0 Å². The average Bonchev–Trinajstić information content (AvgIpc) is 3.62. The topological polar surface area (TPSA) is 78.4 Å². The largest absolute Gasteiger partial charge is 0.547 e. The summed E-state index contributed by atoms with van der Waals surface area (Å²) in [5.41, 5.74) is 3.06. The van der Waals surface area contributed by atoms with Gasteiger partial charge in [0.2, 0.25) is 6.33 Å². The molecule has 0 saturated heterocycles. The van der Waals surface area contributed by atoms with E-state index in [0.717, 1.165) is 25.9 Å². The van der Waals surface area contributed by atoms with Crippen LogP contribution in [0.1, 0.15) is 61.0 Å². The number of nitrogens with zero attached hydrogens (tertiary/aromatic N) is 2. The predicted molar refractivity (Wildman–Crippen MR) is 144 cm³/mol. The number of carboxylic acid groups (broad SMARTS) is 1. The van der Waals surface area contributed by atoms with Gasteiger partial charge in [0.1, 0.15) is 37.7 Å². The van der Waals surface area contributed by atoms with E-state index in [4.69, 9.17) is 9.84 Å². The smallest absolute Gasteiger partial charge is 0.244 e. The monoisotopic (exact) mass is 520 g/mol. The first-order chi connectivity index (χ1) is 17.9. The molecule has 0 radical (unpaired) electrons. The van der Waals surface area contributed by atoms with Crippen LogP contribution >= 0.6 is 11.3 Å². The first-order valence-corrected chi connectivity index (χ1v) is 13.5. The standard InChI is InChI=1S/C22H29N2OS.C8H8O3/c1-4-18(3)25-21(22-7-6-14-26-22)16-24-13-12-23(17-24)15-20-10-8-19(5-2)9-11-20;9-7(8(10)11)6-4-2-1-3-5-6/h6-14,17-18,21H,4-5,15-16H2,1-3H3;1-5,7,9H,(H,10,11)/q+1;/p-1. The molecule has 6 nitrogen and oxygen atoms in total. The summed E-state index contributed by atoms with van der Waals surface area (Å²) >= 11 is 1.77. The number of hydrogen-bond acceptors (Lipinski definition) is 5. The number of aliphatic hydroxyl groups is 1. The second-order valence-corrected chi connectivity index (χ2v) is 9.92. The van der Waals surface area contributed by atoms with Gasteiger partial charge in [0.05, 0.1) is 12.1 Å². The van der Waals surface area contributed by atoms with Crippen LogP contribution in [0.5, 0.6) is 0 Å². The van der Waals surface area contributed by atoms with E-state index in [1.165, 1.54) is 28.1 Å². The molecule has 0 spiro atoms. The van der Waals surface area contributed by atoms with Gasteiger partial charge >= 0.3 is 0 Å². The lowest BCUT2D eigenvalue weighted by atomic mass is 10.1. The predicted octanol–water partition coefficient (Wildman–Crippen LogP) is 4.47. The molecular formula is C30H36N2O4S. The minimum absolute atomic E-state index is 0.106. The number of benzene rings is 2. The number of imidazole rings is 1. The summed E-state index contributed by atoms with van der Waals surface area (Å²) < 4.78 is 10.7. The van der Waals surface area contributed by atoms with Gasteiger partial charge in [-0.1, -0.05) is 74.5 Å². The Balaban J connectivity index is 0.000000289. The fourth-order valence-corrected chi connectivity index (χ4v) is 4.50. The Hall–Kier alpha value is -3.26. The highest BCUT2D eigenvalue weighted by atomic mass is 32.1. The molecule has 0 aliphatic heterocycles. The Morgan fingerprint density at radius 1 is 1.05 bits per heavy atom. The third-order valence-corrected chi connectivity index (χ3v) is 7.05. The highest BCUT2D eigenvalue weighted by Gasteiger charge is 2.20. The molecule has 0 aliphatic rings. The van der Waals surface area contributed by atoms with Crippen LogP contribution in [0.15, 0.2) is 90.8 Å². The number of rotatable bonds is 11. The van der Waals surface area contributed by atoms with Crippen LogP contribution in [-0.4, -0.2) is 21.7 Å². The number of thiophene rings is 1. The number of carbonyl (C=O) groups excluding carboxylic acids is 1. The van der Waals surface area contributed by atoms with Crippen LogP contribution in [0.4, 0.5) is 0 Å². The van der Waals surface area contributed by atoms with Crippen LogP contribution in [0.2, 0.25) is 0 Å². The van der Waals surface area contributed by atoms with E-state index < -0.39 is 12.1 Å². The molecule has 2 aromatic heterocycles. The Kier molecular flexibility index (Phi) is 11.1. The lowest BCUT2D eigenvalue weighted by molar-refractivity contribution is -0.687. The van der Waals surface area contributed by atoms with Crippen LogP contribution in [-0.2, 0) is 29.0 Å². The first-order valence-electron chi connectivity index (χ1n) is 12.6. The summed E-state index contributed by atoms with van der Waals surface area (Å²) in [5, 5.41) is 21.2. The molecule has 3 atom stereocenters. The molecule has 2 heterocycles. The maximum atomic E-state index is 10.1. The summed E-state index contributed by atoms with van der Waals surface area (Å²) in [5.74, 6) is -1.48. The number of aryl methyl sites for hydroxylation is 1. The zero-order chi connectivity index (χ0) is 26.6. The minimum atomic E-state index is -1.52. The zero-order valence-electron chi connectivity index (χ0n) is 21.7. The number of hydrogen-bond donors (Lipinski definition) is 1. The Labute approximate surface area is 223 Å². The van der Waals surface area contributed by atoms with E-state index in [9.17, 15) is 9.90 Å². The van der Waals surface area contributed by atoms with Crippen molar-refractivity contribution in [3.05, 3.63) is 112 Å². The Morgan fingerprint density at radius 3 is 2.35 bits per heavy atom. The second-order valence-electron chi connectivity index (χ2n) is 8.94. The van der Waals surface area contributed by atoms with Crippen molar-refractivity contribution in [2.24, 2.45) is 0 Å². The third-order valence-electron chi connectivity index (χ3n) is 6.09. The second kappa shape index (κ2) is 14.5. The highest BCUT2D eigenvalue weighted by Crippen LogP contribution is 2.26. The number of aliphatic carboxylic acids is 1. The lowest BCUT2D eigenvalue weighted by Gasteiger charge is -2.19. The van der Waals surface area contributed by atoms with E-state index in [1.807, 2.05) is 0 Å². The Morgan fingerprint density at radius 2 is 1.76 bits per heavy atom. The van der Waals surface area contributed by atoms with Crippen LogP contribution < -0.4 is 9.67 Å². The summed E-state index contributed by atoms with van der Waals surface area (Å²) in [6.07, 6.45) is 7.43. The molecule has 2 aromatic carbocycles. The van der Waals surface area contributed by atoms with Crippen molar-refractivity contribution < 1.29 is 24.3 Å². The summed E-state index contributed by atoms with van der Waals surface area (Å²) in [6.45, 7) is 8.24. The molecule has 196 valence electrons. The number of aromatic nitrogens is 2. The molecule has 37 heavy (non-hydrogen) atoms. The summed E-state index contributed by atoms with van der Waals surface area (Å²) in [6, 6.07) is 21.3. The van der Waals surface area contributed by atoms with Gasteiger partial charge in [-0.25, -0.2) is 9.13 Å². The molecule has 0 amide bonds. The van der Waals surface area contributed by atoms with Gasteiger partial charge in [-0.2, -0.15) is 0 Å². The summed E-state index contributed by atoms with van der Waals surface area (Å²) in [4.78, 5) is 11.4. The molecule has 3 unspecified atom stereocenters. The van der Waals surface area contributed by atoms with Gasteiger partial charge in [-0.15, -0.1) is 11.3 Å². The lowest BCUT2D eigenvalue weighted by Crippen LogP contribution is -2.31. The third kappa shape index (κ3) is 8.97. The molecule has 4 rings (SSSR count). The van der Waals surface area contributed by atoms with Crippen molar-refractivity contribution >= 4 is 17.3 Å². The number of carboxylic acids is 1. The number of ether oxygens (including phenoxy) is 1. The molecule has 0 aliphatic carbocycles. The fourth-order valence-electron chi connectivity index (χ4n) is 3.75. The molecule has 0 fully saturated rings. The molecule has 4 aromatic rings. The van der Waals surface area contributed by atoms with Gasteiger partial charge in [0, 0.05) is 4.88 Å². The van der Waals surface area contributed by atoms with Gasteiger partial charge in [0.15, 0.2) is 0 Å². The van der Waals surface area contributed by atoms with Crippen LogP contribution in [0.3, 0.4) is 0 Å². The van der Waals surface area contributed by atoms with Gasteiger partial charge in [0.25, 0.3) is 0 Å². The minimum Gasteiger partial charge on any atom is -0.547 e. The zero-order valence-corrected chi connectivity index (χ0v) is 22.5. The first kappa shape index (κ1) is 28.3. The molecule has 7 heteroatoms. The van der Waals surface area contributed by atoms with Crippen molar-refractivity contribution in [3.8, 4) is 0 Å². The van der Waals surface area contributed by atoms with Crippen molar-refractivity contribution in [3.63, 3.8) is 0 Å². The maximum Gasteiger partial charge on any atom is 0.244 e. The molecule has 0 bridgehead atoms. The SMILES string of the molecule is CCc1ccc(C[n+]2ccn(CC(OC(C)CC)c3cccs3)c2)cc1.O=C([O-])C(O)c1ccccc1. The van der Waals surface area contributed by atoms with Crippen molar-refractivity contribution in [1.29, 1.82) is 0 Å². The van der Waals surface area contributed by atoms with Crippen LogP contribution in [0, 0.1) is 0 Å². The van der Waals surface area contributed by atoms with E-state index >= 15 is 0 Å². The van der Waals surface area contributed by atoms with E-state index in [0.29, 0.717) is 5.56 Å². The number of carbonyl (C=O) groups is 1. The van der Waals surface area contributed by atoms with Crippen LogP contribution in [0.25, 0.3) is 0 Å². The molecule has 1 N–H and O–H groups in total. The highest BCUT2D eigenvalue weighted by molar-refractivity contribution is 7.10. The maximum absolute atomic E-state index is 10.1. The van der Waals surface area contributed by atoms with E-state index in [2.05, 4.69) is 90.4 Å². The fraction of sp³-hybridized carbons (Fsp3) is 0.333. The number of aliphatic hydroxyl groups excluding tert-OH is 1. The van der Waals surface area contributed by atoms with Gasteiger partial charge in [-0.3, -0.25) is 0 Å².